The van der Waals surface area contributed by atoms with E-state index in [4.69, 9.17) is 5.73 Å². The number of nitrogens with two attached hydrogens (primary N) is 1. The highest BCUT2D eigenvalue weighted by Gasteiger charge is 2.49. The average molecular weight is 288 g/mol. The Hall–Kier alpha value is -1.12. The van der Waals surface area contributed by atoms with Gasteiger partial charge in [-0.2, -0.15) is 9.40 Å². The standard InChI is InChI=1S/C11H20N4O3S/c1-4-14-5-9(10(12)13-14)19(17,18)15-6-11(16,7-15)8(2)3/h5,8,16H,4,6-7H2,1-3H3,(H2,12,13). The molecule has 1 aliphatic rings. The summed E-state index contributed by atoms with van der Waals surface area (Å²) in [5.74, 6) is 0.0106. The van der Waals surface area contributed by atoms with Gasteiger partial charge in [0.05, 0.1) is 5.60 Å². The first kappa shape index (κ1) is 14.3. The fraction of sp³-hybridized carbons (Fsp3) is 0.727. The summed E-state index contributed by atoms with van der Waals surface area (Å²) in [4.78, 5) is 0.0140. The number of aliphatic hydroxyl groups is 1. The minimum Gasteiger partial charge on any atom is -0.387 e. The molecule has 2 heterocycles. The first-order valence-electron chi connectivity index (χ1n) is 6.26. The second-order valence-electron chi connectivity index (χ2n) is 5.27. The number of sulfonamides is 1. The summed E-state index contributed by atoms with van der Waals surface area (Å²) >= 11 is 0. The molecule has 1 aliphatic heterocycles. The first-order valence-corrected chi connectivity index (χ1v) is 7.70. The van der Waals surface area contributed by atoms with Crippen LogP contribution in [0.4, 0.5) is 5.82 Å². The summed E-state index contributed by atoms with van der Waals surface area (Å²) in [6.07, 6.45) is 1.43. The third kappa shape index (κ3) is 2.24. The summed E-state index contributed by atoms with van der Waals surface area (Å²) in [5.41, 5.74) is 4.70. The smallest absolute Gasteiger partial charge is 0.248 e. The molecule has 0 aromatic carbocycles. The Kier molecular flexibility index (Phi) is 3.36. The quantitative estimate of drug-likeness (QED) is 0.804. The van der Waals surface area contributed by atoms with E-state index in [-0.39, 0.29) is 29.7 Å². The molecule has 0 atom stereocenters. The Bertz CT molecular complexity index is 573. The topological polar surface area (TPSA) is 101 Å². The second-order valence-corrected chi connectivity index (χ2v) is 7.17. The maximum absolute atomic E-state index is 12.4. The zero-order valence-electron chi connectivity index (χ0n) is 11.4. The average Bonchev–Trinajstić information content (AvgIpc) is 2.66. The molecule has 2 rings (SSSR count). The number of rotatable bonds is 4. The summed E-state index contributed by atoms with van der Waals surface area (Å²) in [7, 11) is -3.66. The van der Waals surface area contributed by atoms with Gasteiger partial charge < -0.3 is 10.8 Å². The van der Waals surface area contributed by atoms with Gasteiger partial charge in [-0.05, 0) is 12.8 Å². The van der Waals surface area contributed by atoms with E-state index in [0.717, 1.165) is 0 Å². The van der Waals surface area contributed by atoms with Gasteiger partial charge in [-0.3, -0.25) is 4.68 Å². The van der Waals surface area contributed by atoms with Crippen molar-refractivity contribution in [3.05, 3.63) is 6.20 Å². The molecule has 0 unspecified atom stereocenters. The summed E-state index contributed by atoms with van der Waals surface area (Å²) < 4.78 is 27.4. The van der Waals surface area contributed by atoms with E-state index < -0.39 is 15.6 Å². The lowest BCUT2D eigenvalue weighted by molar-refractivity contribution is -0.0932. The molecule has 19 heavy (non-hydrogen) atoms. The minimum absolute atomic E-state index is 0.00170. The van der Waals surface area contributed by atoms with E-state index in [9.17, 15) is 13.5 Å². The third-order valence-electron chi connectivity index (χ3n) is 3.67. The normalized spacial score (nSPS) is 19.6. The molecule has 0 saturated carbocycles. The lowest BCUT2D eigenvalue weighted by atomic mass is 9.85. The SMILES string of the molecule is CCn1cc(S(=O)(=O)N2CC(O)(C(C)C)C2)c(N)n1. The Balaban J connectivity index is 2.23. The van der Waals surface area contributed by atoms with Crippen LogP contribution in [0.25, 0.3) is 0 Å². The molecular weight excluding hydrogens is 268 g/mol. The van der Waals surface area contributed by atoms with Crippen LogP contribution < -0.4 is 5.73 Å². The van der Waals surface area contributed by atoms with E-state index in [1.807, 2.05) is 20.8 Å². The van der Waals surface area contributed by atoms with E-state index in [2.05, 4.69) is 5.10 Å². The number of nitrogen functional groups attached to an aromatic ring is 1. The van der Waals surface area contributed by atoms with Gasteiger partial charge >= 0.3 is 0 Å². The van der Waals surface area contributed by atoms with Crippen LogP contribution in [0.3, 0.4) is 0 Å². The summed E-state index contributed by atoms with van der Waals surface area (Å²) in [6.45, 7) is 6.34. The van der Waals surface area contributed by atoms with Gasteiger partial charge in [0, 0.05) is 25.8 Å². The number of nitrogens with zero attached hydrogens (tertiary/aromatic N) is 3. The lowest BCUT2D eigenvalue weighted by Crippen LogP contribution is -2.65. The molecule has 1 saturated heterocycles. The molecule has 7 nitrogen and oxygen atoms in total. The Morgan fingerprint density at radius 1 is 1.53 bits per heavy atom. The number of anilines is 1. The van der Waals surface area contributed by atoms with Crippen LogP contribution in [-0.4, -0.2) is 46.3 Å². The number of hydrogen-bond acceptors (Lipinski definition) is 5. The van der Waals surface area contributed by atoms with Crippen LogP contribution >= 0.6 is 0 Å². The number of hydrogen-bond donors (Lipinski definition) is 2. The summed E-state index contributed by atoms with van der Waals surface area (Å²) in [6, 6.07) is 0. The van der Waals surface area contributed by atoms with Crippen molar-refractivity contribution < 1.29 is 13.5 Å². The molecule has 0 spiro atoms. The van der Waals surface area contributed by atoms with Crippen LogP contribution in [0.5, 0.6) is 0 Å². The van der Waals surface area contributed by atoms with Crippen LogP contribution in [0.2, 0.25) is 0 Å². The van der Waals surface area contributed by atoms with Crippen molar-refractivity contribution in [2.24, 2.45) is 5.92 Å². The van der Waals surface area contributed by atoms with Crippen molar-refractivity contribution in [2.45, 2.75) is 37.8 Å². The van der Waals surface area contributed by atoms with Gasteiger partial charge in [-0.25, -0.2) is 8.42 Å². The van der Waals surface area contributed by atoms with Gasteiger partial charge in [-0.1, -0.05) is 13.8 Å². The van der Waals surface area contributed by atoms with Crippen LogP contribution in [0.1, 0.15) is 20.8 Å². The van der Waals surface area contributed by atoms with Crippen molar-refractivity contribution in [3.8, 4) is 0 Å². The fourth-order valence-corrected chi connectivity index (χ4v) is 3.64. The Morgan fingerprint density at radius 3 is 2.53 bits per heavy atom. The zero-order valence-corrected chi connectivity index (χ0v) is 12.2. The van der Waals surface area contributed by atoms with E-state index in [0.29, 0.717) is 6.54 Å². The van der Waals surface area contributed by atoms with Crippen LogP contribution in [-0.2, 0) is 16.6 Å². The molecule has 0 radical (unpaired) electrons. The predicted octanol–water partition coefficient (Wildman–Crippen LogP) is -0.123. The molecule has 1 aromatic heterocycles. The van der Waals surface area contributed by atoms with Crippen LogP contribution in [0, 0.1) is 5.92 Å². The number of aromatic nitrogens is 2. The maximum atomic E-state index is 12.4. The fourth-order valence-electron chi connectivity index (χ4n) is 2.02. The number of aryl methyl sites for hydroxylation is 1. The second kappa shape index (κ2) is 4.46. The highest BCUT2D eigenvalue weighted by molar-refractivity contribution is 7.89. The molecule has 1 aromatic rings. The van der Waals surface area contributed by atoms with Crippen molar-refractivity contribution in [2.75, 3.05) is 18.8 Å². The Morgan fingerprint density at radius 2 is 2.11 bits per heavy atom. The van der Waals surface area contributed by atoms with Gasteiger partial charge in [0.15, 0.2) is 5.82 Å². The van der Waals surface area contributed by atoms with Crippen LogP contribution in [0.15, 0.2) is 11.1 Å². The molecule has 108 valence electrons. The molecule has 0 aliphatic carbocycles. The predicted molar refractivity (Wildman–Crippen MR) is 70.9 cm³/mol. The van der Waals surface area contributed by atoms with Gasteiger partial charge in [0.25, 0.3) is 0 Å². The highest BCUT2D eigenvalue weighted by atomic mass is 32.2. The van der Waals surface area contributed by atoms with E-state index in [1.165, 1.54) is 15.2 Å². The molecule has 8 heteroatoms. The van der Waals surface area contributed by atoms with E-state index >= 15 is 0 Å². The largest absolute Gasteiger partial charge is 0.387 e. The van der Waals surface area contributed by atoms with Crippen molar-refractivity contribution in [1.29, 1.82) is 0 Å². The lowest BCUT2D eigenvalue weighted by Gasteiger charge is -2.47. The third-order valence-corrected chi connectivity index (χ3v) is 5.48. The van der Waals surface area contributed by atoms with Gasteiger partial charge in [0.2, 0.25) is 10.0 Å². The van der Waals surface area contributed by atoms with Gasteiger partial charge in [0.1, 0.15) is 4.90 Å². The van der Waals surface area contributed by atoms with Crippen molar-refractivity contribution in [1.82, 2.24) is 14.1 Å². The van der Waals surface area contributed by atoms with Crippen molar-refractivity contribution in [3.63, 3.8) is 0 Å². The van der Waals surface area contributed by atoms with Crippen molar-refractivity contribution >= 4 is 15.8 Å². The monoisotopic (exact) mass is 288 g/mol. The van der Waals surface area contributed by atoms with E-state index in [1.54, 1.807) is 0 Å². The zero-order chi connectivity index (χ0) is 14.4. The molecular formula is C11H20N4O3S. The minimum atomic E-state index is -3.66. The molecule has 0 bridgehead atoms. The number of β-amino-alcohol motifs (C(OH)–C–C–N with tert-alkyl or cyclic N) is 1. The Labute approximate surface area is 113 Å². The molecule has 1 fully saturated rings. The van der Waals surface area contributed by atoms with Gasteiger partial charge in [-0.15, -0.1) is 0 Å². The first-order chi connectivity index (χ1) is 8.70. The summed E-state index contributed by atoms with van der Waals surface area (Å²) in [5, 5.41) is 14.1. The molecule has 0 amide bonds. The maximum Gasteiger partial charge on any atom is 0.248 e. The molecule has 3 N–H and O–H groups in total. The highest BCUT2D eigenvalue weighted by Crippen LogP contribution is 2.34.